The van der Waals surface area contributed by atoms with Gasteiger partial charge in [0.25, 0.3) is 11.1 Å². The van der Waals surface area contributed by atoms with E-state index < -0.39 is 11.9 Å². The maximum absolute atomic E-state index is 12.5. The number of H-pyrrole nitrogens is 5. The van der Waals surface area contributed by atoms with Gasteiger partial charge in [0, 0.05) is 96.0 Å². The Kier molecular flexibility index (Phi) is 20.0. The average Bonchev–Trinajstić information content (AvgIpc) is 3.35. The number of aromatic amines is 5. The lowest BCUT2D eigenvalue weighted by Crippen LogP contribution is -2.09. The van der Waals surface area contributed by atoms with Crippen LogP contribution in [0.2, 0.25) is 0 Å². The number of hydrogen-bond donors (Lipinski definition) is 6. The first kappa shape index (κ1) is 60.4. The lowest BCUT2D eigenvalue weighted by atomic mass is 9.94. The highest BCUT2D eigenvalue weighted by atomic mass is 16.6. The van der Waals surface area contributed by atoms with Crippen LogP contribution in [0, 0.1) is 6.57 Å². The molecular weight excluding hydrogens is 1100 g/mol. The minimum absolute atomic E-state index is 0.0451. The number of fused-ring (bicyclic) bond motifs is 3. The molecule has 9 heterocycles. The smallest absolute Gasteiger partial charge is 0.310 e. The summed E-state index contributed by atoms with van der Waals surface area (Å²) in [6.07, 6.45) is 21.6. The third kappa shape index (κ3) is 16.1. The number of nitrogens with two attached hydrogens (primary N) is 1. The van der Waals surface area contributed by atoms with Gasteiger partial charge in [-0.25, -0.2) is 19.8 Å². The molecule has 3 aromatic carbocycles. The second kappa shape index (κ2) is 28.9. The number of aromatic nitrogens is 11. The molecule has 1 fully saturated rings. The summed E-state index contributed by atoms with van der Waals surface area (Å²) in [6.45, 7) is 13.5. The summed E-state index contributed by atoms with van der Waals surface area (Å²) < 4.78 is 8.92. The number of aryl methyl sites for hydroxylation is 1. The van der Waals surface area contributed by atoms with Crippen LogP contribution in [0.4, 0.5) is 5.69 Å². The van der Waals surface area contributed by atoms with E-state index in [9.17, 15) is 28.8 Å². The number of esters is 2. The Morgan fingerprint density at radius 3 is 1.53 bits per heavy atom. The van der Waals surface area contributed by atoms with Crippen LogP contribution in [0.5, 0.6) is 0 Å². The van der Waals surface area contributed by atoms with Crippen molar-refractivity contribution in [2.24, 2.45) is 5.73 Å². The van der Waals surface area contributed by atoms with Crippen LogP contribution < -0.4 is 16.9 Å². The van der Waals surface area contributed by atoms with Gasteiger partial charge in [0.05, 0.1) is 56.4 Å². The molecule has 1 saturated heterocycles. The zero-order valence-corrected chi connectivity index (χ0v) is 47.7. The van der Waals surface area contributed by atoms with E-state index in [1.807, 2.05) is 91.0 Å². The van der Waals surface area contributed by atoms with E-state index in [1.165, 1.54) is 26.7 Å². The number of carbonyl (C=O) groups is 4. The number of nitrogens with zero attached hydrogens (tertiary/aromatic N) is 7. The van der Waals surface area contributed by atoms with Crippen molar-refractivity contribution in [3.05, 3.63) is 219 Å². The molecule has 2 aliphatic rings. The number of pyridine rings is 5. The Morgan fingerprint density at radius 1 is 0.586 bits per heavy atom. The number of hydrogen-bond acceptors (Lipinski definition) is 15. The predicted molar refractivity (Wildman–Crippen MR) is 332 cm³/mol. The second-order valence-electron chi connectivity index (χ2n) is 19.9. The zero-order valence-electron chi connectivity index (χ0n) is 47.7. The number of imidazole rings is 3. The Bertz CT molecular complexity index is 4480. The summed E-state index contributed by atoms with van der Waals surface area (Å²) in [7, 11) is 0. The predicted octanol–water partition coefficient (Wildman–Crippen LogP) is 10.8. The molecule has 0 atom stereocenters. The molecule has 87 heavy (non-hydrogen) atoms. The van der Waals surface area contributed by atoms with Crippen molar-refractivity contribution in [1.82, 2.24) is 54.8 Å². The van der Waals surface area contributed by atoms with E-state index in [0.717, 1.165) is 85.3 Å². The average molecular weight is 1160 g/mol. The third-order valence-electron chi connectivity index (χ3n) is 13.5. The third-order valence-corrected chi connectivity index (χ3v) is 13.5. The SMILES string of the molecule is C1CCOC1.CC(=O)CCc1ccc2nc(C3=CC(c4ccncc4)=CCC3=O)[nH]c2c1.CC(=O)OC(C)=O.NCc1ccc2nc(-c3cc(-c4ccncc4)c[nH]c3=O)[nH]c2c1.[C-]#[N+]c1ccc2nc(-c3cc(-c4ccncc4)c[nH]c3=O)[nH]c2c1. The van der Waals surface area contributed by atoms with Gasteiger partial charge in [0.1, 0.15) is 23.3 Å². The number of ether oxygens (including phenoxy) is 2. The van der Waals surface area contributed by atoms with Crippen molar-refractivity contribution in [2.45, 2.75) is 59.4 Å². The topological polar surface area (TPSA) is 308 Å². The van der Waals surface area contributed by atoms with Gasteiger partial charge in [0.15, 0.2) is 11.5 Å². The number of rotatable bonds is 10. The van der Waals surface area contributed by atoms with Crippen LogP contribution in [0.15, 0.2) is 174 Å². The van der Waals surface area contributed by atoms with E-state index in [0.29, 0.717) is 71.2 Å². The van der Waals surface area contributed by atoms with Gasteiger partial charge in [-0.2, -0.15) is 0 Å². The number of carbonyl (C=O) groups excluding carboxylic acids is 4. The summed E-state index contributed by atoms with van der Waals surface area (Å²) in [5.41, 5.74) is 19.9. The van der Waals surface area contributed by atoms with E-state index in [2.05, 4.69) is 64.4 Å². The molecule has 0 bridgehead atoms. The largest absolute Gasteiger partial charge is 0.394 e. The normalized spacial score (nSPS) is 12.4. The molecule has 7 N–H and O–H groups in total. The lowest BCUT2D eigenvalue weighted by Gasteiger charge is -2.11. The quantitative estimate of drug-likeness (QED) is 0.0421. The Morgan fingerprint density at radius 2 is 1.06 bits per heavy atom. The van der Waals surface area contributed by atoms with Gasteiger partial charge in [-0.3, -0.25) is 38.9 Å². The summed E-state index contributed by atoms with van der Waals surface area (Å²) in [5, 5.41) is 0. The number of Topliss-reactive ketones (excluding diaryl/α,β-unsaturated/α-hetero) is 2. The minimum atomic E-state index is -0.562. The fourth-order valence-corrected chi connectivity index (χ4v) is 9.17. The van der Waals surface area contributed by atoms with Crippen LogP contribution in [0.3, 0.4) is 0 Å². The van der Waals surface area contributed by atoms with Gasteiger partial charge in [-0.1, -0.05) is 24.3 Å². The maximum atomic E-state index is 12.5. The molecule has 13 rings (SSSR count). The van der Waals surface area contributed by atoms with E-state index in [1.54, 1.807) is 80.8 Å². The Labute approximate surface area is 497 Å². The molecule has 8 aromatic heterocycles. The van der Waals surface area contributed by atoms with Gasteiger partial charge in [-0.05, 0) is 162 Å². The number of allylic oxidation sites excluding steroid dienone is 4. The molecule has 0 radical (unpaired) electrons. The molecule has 21 heteroatoms. The van der Waals surface area contributed by atoms with Crippen molar-refractivity contribution in [3.63, 3.8) is 0 Å². The van der Waals surface area contributed by atoms with E-state index in [4.69, 9.17) is 17.0 Å². The maximum Gasteiger partial charge on any atom is 0.310 e. The molecule has 21 nitrogen and oxygen atoms in total. The summed E-state index contributed by atoms with van der Waals surface area (Å²) >= 11 is 0. The van der Waals surface area contributed by atoms with Crippen molar-refractivity contribution >= 4 is 73.4 Å². The van der Waals surface area contributed by atoms with Crippen LogP contribution in [0.1, 0.15) is 69.0 Å². The van der Waals surface area contributed by atoms with Gasteiger partial charge in [0.2, 0.25) is 0 Å². The number of ketones is 2. The van der Waals surface area contributed by atoms with Gasteiger partial charge in [-0.15, -0.1) is 0 Å². The molecule has 1 aliphatic heterocycles. The number of benzene rings is 3. The van der Waals surface area contributed by atoms with Crippen molar-refractivity contribution in [1.29, 1.82) is 0 Å². The summed E-state index contributed by atoms with van der Waals surface area (Å²) in [4.78, 5) is 112. The highest BCUT2D eigenvalue weighted by molar-refractivity contribution is 6.24. The summed E-state index contributed by atoms with van der Waals surface area (Å²) in [6, 6.07) is 31.9. The highest BCUT2D eigenvalue weighted by Gasteiger charge is 2.21. The fourth-order valence-electron chi connectivity index (χ4n) is 9.17. The van der Waals surface area contributed by atoms with Gasteiger partial charge >= 0.3 is 11.9 Å². The first-order valence-electron chi connectivity index (χ1n) is 27.7. The van der Waals surface area contributed by atoms with Crippen molar-refractivity contribution in [3.8, 4) is 45.0 Å². The zero-order chi connectivity index (χ0) is 61.2. The Hall–Kier alpha value is -11.2. The molecule has 0 spiro atoms. The molecule has 11 aromatic rings. The first-order valence-corrected chi connectivity index (χ1v) is 27.7. The standard InChI is InChI=1S/C22H19N3O2.C18H11N5O.C18H15N5O.C4H6O3.C4H8O/c1-14(26)2-3-15-4-6-19-20(12-15)25-22(24-19)18-13-17(5-7-21(18)27)16-8-10-23-11-9-16;1-19-13-2-3-15-16(9-13)23-17(22-15)14-8-12(10-21-18(14)24)11-4-6-20-7-5-11;19-9-11-1-2-15-16(7-11)23-17(22-15)14-8-13(10-21-18(14)24)12-3-5-20-6-4-12;1-3(5)7-4(2)6;1-2-4-5-3-1/h4-6,8-13H,2-3,7H2,1H3,(H,24,25);2-10H,(H,21,24)(H,22,23);1-8,10H,9,19H2,(H,21,24)(H,22,23);1-2H3;1-4H2. The molecular formula is C66H59N13O8. The fraction of sp³-hybridized carbons (Fsp3) is 0.167. The van der Waals surface area contributed by atoms with Crippen LogP contribution in [-0.2, 0) is 41.6 Å². The van der Waals surface area contributed by atoms with Crippen molar-refractivity contribution in [2.75, 3.05) is 13.2 Å². The monoisotopic (exact) mass is 1160 g/mol. The molecule has 0 amide bonds. The lowest BCUT2D eigenvalue weighted by molar-refractivity contribution is -0.156. The van der Waals surface area contributed by atoms with Crippen LogP contribution in [0.25, 0.3) is 94.1 Å². The van der Waals surface area contributed by atoms with Gasteiger partial charge < -0.3 is 44.9 Å². The molecule has 0 saturated carbocycles. The summed E-state index contributed by atoms with van der Waals surface area (Å²) in [5.74, 6) is 0.691. The molecule has 0 unspecified atom stereocenters. The molecule has 1 aliphatic carbocycles. The first-order chi connectivity index (χ1) is 42.2. The molecule has 436 valence electrons. The van der Waals surface area contributed by atoms with Crippen LogP contribution in [-0.4, -0.2) is 91.5 Å². The van der Waals surface area contributed by atoms with Crippen molar-refractivity contribution < 1.29 is 28.7 Å². The minimum Gasteiger partial charge on any atom is -0.394 e. The Balaban J connectivity index is 0.000000142. The van der Waals surface area contributed by atoms with E-state index in [-0.39, 0.29) is 22.7 Å². The second-order valence-corrected chi connectivity index (χ2v) is 19.9. The van der Waals surface area contributed by atoms with E-state index >= 15 is 0 Å². The van der Waals surface area contributed by atoms with Crippen LogP contribution >= 0.6 is 0 Å². The highest BCUT2D eigenvalue weighted by Crippen LogP contribution is 2.30. The number of nitrogens with one attached hydrogen (secondary N) is 5.